The second-order valence-electron chi connectivity index (χ2n) is 7.07. The average molecular weight is 425 g/mol. The summed E-state index contributed by atoms with van der Waals surface area (Å²) in [7, 11) is 0. The maximum Gasteiger partial charge on any atom is 0.248 e. The van der Waals surface area contributed by atoms with Crippen molar-refractivity contribution in [2.75, 3.05) is 11.4 Å². The molecule has 0 spiro atoms. The lowest BCUT2D eigenvalue weighted by molar-refractivity contribution is -0.117. The third kappa shape index (κ3) is 4.14. The lowest BCUT2D eigenvalue weighted by atomic mass is 9.98. The van der Waals surface area contributed by atoms with Crippen molar-refractivity contribution < 1.29 is 18.7 Å². The van der Waals surface area contributed by atoms with E-state index in [1.807, 2.05) is 18.2 Å². The summed E-state index contributed by atoms with van der Waals surface area (Å²) in [5.41, 5.74) is 7.30. The Hall–Kier alpha value is -3.38. The summed E-state index contributed by atoms with van der Waals surface area (Å²) in [5.74, 6) is -0.121. The molecule has 1 atom stereocenters. The molecule has 152 valence electrons. The van der Waals surface area contributed by atoms with Crippen LogP contribution in [-0.2, 0) is 4.79 Å². The van der Waals surface area contributed by atoms with E-state index in [2.05, 4.69) is 0 Å². The number of carbonyl (C=O) groups is 2. The number of carbonyl (C=O) groups excluding carboxylic acids is 2. The van der Waals surface area contributed by atoms with Gasteiger partial charge in [0.25, 0.3) is 0 Å². The Balaban J connectivity index is 1.53. The van der Waals surface area contributed by atoms with Gasteiger partial charge in [0, 0.05) is 36.2 Å². The quantitative estimate of drug-likeness (QED) is 0.633. The highest BCUT2D eigenvalue weighted by Crippen LogP contribution is 2.34. The van der Waals surface area contributed by atoms with Crippen molar-refractivity contribution >= 4 is 29.1 Å². The van der Waals surface area contributed by atoms with E-state index >= 15 is 0 Å². The maximum absolute atomic E-state index is 13.3. The van der Waals surface area contributed by atoms with E-state index in [1.54, 1.807) is 35.2 Å². The Bertz CT molecular complexity index is 1130. The predicted octanol–water partition coefficient (Wildman–Crippen LogP) is 4.89. The van der Waals surface area contributed by atoms with Gasteiger partial charge in [0.05, 0.1) is 5.02 Å². The van der Waals surface area contributed by atoms with Crippen molar-refractivity contribution in [1.29, 1.82) is 0 Å². The molecule has 3 aromatic rings. The summed E-state index contributed by atoms with van der Waals surface area (Å²) in [5, 5.41) is -0.0149. The molecular formula is C23H18ClFN2O3. The largest absolute Gasteiger partial charge is 0.457 e. The molecule has 2 N–H and O–H groups in total. The highest BCUT2D eigenvalue weighted by Gasteiger charge is 2.32. The standard InChI is InChI=1S/C23H18ClFN2O3/c24-20-12-19(7-8-21(20)25)30-18-6-2-3-14(10-18)16-11-22(28)27(13-16)17-5-1-4-15(9-17)23(26)29/h1-10,12,16H,11,13H2,(H2,26,29). The van der Waals surface area contributed by atoms with Gasteiger partial charge >= 0.3 is 0 Å². The lowest BCUT2D eigenvalue weighted by Gasteiger charge is -2.18. The van der Waals surface area contributed by atoms with E-state index < -0.39 is 11.7 Å². The molecule has 1 fully saturated rings. The van der Waals surface area contributed by atoms with Crippen molar-refractivity contribution in [2.45, 2.75) is 12.3 Å². The van der Waals surface area contributed by atoms with Gasteiger partial charge < -0.3 is 15.4 Å². The average Bonchev–Trinajstić information content (AvgIpc) is 3.13. The van der Waals surface area contributed by atoms with Crippen LogP contribution in [0.4, 0.5) is 10.1 Å². The number of nitrogens with zero attached hydrogens (tertiary/aromatic N) is 1. The van der Waals surface area contributed by atoms with Gasteiger partial charge in [-0.15, -0.1) is 0 Å². The van der Waals surface area contributed by atoms with E-state index in [9.17, 15) is 14.0 Å². The molecule has 0 aromatic heterocycles. The number of primary amides is 1. The number of hydrogen-bond donors (Lipinski definition) is 1. The number of ether oxygens (including phenoxy) is 1. The number of amides is 2. The van der Waals surface area contributed by atoms with Crippen LogP contribution in [0.2, 0.25) is 5.02 Å². The topological polar surface area (TPSA) is 72.6 Å². The number of halogens is 2. The Morgan fingerprint density at radius 1 is 1.07 bits per heavy atom. The Morgan fingerprint density at radius 2 is 1.83 bits per heavy atom. The molecule has 7 heteroatoms. The van der Waals surface area contributed by atoms with Crippen LogP contribution in [0, 0.1) is 5.82 Å². The molecular weight excluding hydrogens is 407 g/mol. The molecule has 0 radical (unpaired) electrons. The van der Waals surface area contributed by atoms with Crippen molar-refractivity contribution in [3.05, 3.63) is 88.7 Å². The molecule has 0 bridgehead atoms. The minimum absolute atomic E-state index is 0.0149. The van der Waals surface area contributed by atoms with Crippen molar-refractivity contribution in [2.24, 2.45) is 5.73 Å². The molecule has 3 aromatic carbocycles. The molecule has 1 heterocycles. The Morgan fingerprint density at radius 3 is 2.60 bits per heavy atom. The summed E-state index contributed by atoms with van der Waals surface area (Å²) in [6.07, 6.45) is 0.340. The van der Waals surface area contributed by atoms with E-state index in [0.29, 0.717) is 35.7 Å². The third-order valence-electron chi connectivity index (χ3n) is 5.02. The van der Waals surface area contributed by atoms with Gasteiger partial charge in [0.2, 0.25) is 11.8 Å². The molecule has 0 saturated carbocycles. The summed E-state index contributed by atoms with van der Waals surface area (Å²) in [6, 6.07) is 18.3. The van der Waals surface area contributed by atoms with Gasteiger partial charge in [-0.1, -0.05) is 29.8 Å². The first-order chi connectivity index (χ1) is 14.4. The lowest BCUT2D eigenvalue weighted by Crippen LogP contribution is -2.24. The van der Waals surface area contributed by atoms with E-state index in [1.165, 1.54) is 18.2 Å². The molecule has 0 aliphatic carbocycles. The fraction of sp³-hybridized carbons (Fsp3) is 0.130. The predicted molar refractivity (Wildman–Crippen MR) is 113 cm³/mol. The normalized spacial score (nSPS) is 16.0. The van der Waals surface area contributed by atoms with Crippen LogP contribution >= 0.6 is 11.6 Å². The van der Waals surface area contributed by atoms with Crippen molar-refractivity contribution in [3.8, 4) is 11.5 Å². The first-order valence-electron chi connectivity index (χ1n) is 9.34. The fourth-order valence-corrected chi connectivity index (χ4v) is 3.69. The van der Waals surface area contributed by atoms with Gasteiger partial charge in [-0.25, -0.2) is 4.39 Å². The zero-order valence-electron chi connectivity index (χ0n) is 15.8. The molecule has 5 nitrogen and oxygen atoms in total. The van der Waals surface area contributed by atoms with Crippen molar-refractivity contribution in [1.82, 2.24) is 0 Å². The van der Waals surface area contributed by atoms with E-state index in [0.717, 1.165) is 5.56 Å². The minimum atomic E-state index is -0.536. The molecule has 1 aliphatic heterocycles. The summed E-state index contributed by atoms with van der Waals surface area (Å²) >= 11 is 5.81. The zero-order valence-corrected chi connectivity index (χ0v) is 16.6. The second-order valence-corrected chi connectivity index (χ2v) is 7.48. The zero-order chi connectivity index (χ0) is 21.3. The molecule has 1 aliphatic rings. The molecule has 1 unspecified atom stereocenters. The van der Waals surface area contributed by atoms with Crippen LogP contribution < -0.4 is 15.4 Å². The smallest absolute Gasteiger partial charge is 0.248 e. The molecule has 4 rings (SSSR count). The summed E-state index contributed by atoms with van der Waals surface area (Å²) in [6.45, 7) is 0.479. The first kappa shape index (κ1) is 19.9. The maximum atomic E-state index is 13.3. The van der Waals surface area contributed by atoms with Crippen LogP contribution in [0.5, 0.6) is 11.5 Å². The van der Waals surface area contributed by atoms with Crippen LogP contribution in [0.15, 0.2) is 66.7 Å². The molecule has 30 heavy (non-hydrogen) atoms. The van der Waals surface area contributed by atoms with Gasteiger partial charge in [-0.3, -0.25) is 9.59 Å². The van der Waals surface area contributed by atoms with Crippen LogP contribution in [0.3, 0.4) is 0 Å². The fourth-order valence-electron chi connectivity index (χ4n) is 3.52. The number of benzene rings is 3. The SMILES string of the molecule is NC(=O)c1cccc(N2CC(c3cccc(Oc4ccc(F)c(Cl)c4)c3)CC2=O)c1. The number of rotatable bonds is 5. The van der Waals surface area contributed by atoms with Gasteiger partial charge in [0.1, 0.15) is 17.3 Å². The van der Waals surface area contributed by atoms with E-state index in [4.69, 9.17) is 22.1 Å². The Kier molecular flexibility index (Phi) is 5.42. The van der Waals surface area contributed by atoms with Crippen LogP contribution in [0.25, 0.3) is 0 Å². The van der Waals surface area contributed by atoms with Crippen LogP contribution in [-0.4, -0.2) is 18.4 Å². The molecule has 1 saturated heterocycles. The van der Waals surface area contributed by atoms with Gasteiger partial charge in [0.15, 0.2) is 0 Å². The summed E-state index contributed by atoms with van der Waals surface area (Å²) in [4.78, 5) is 25.7. The number of hydrogen-bond acceptors (Lipinski definition) is 3. The Labute approximate surface area is 177 Å². The number of nitrogens with two attached hydrogens (primary N) is 1. The minimum Gasteiger partial charge on any atom is -0.457 e. The monoisotopic (exact) mass is 424 g/mol. The second kappa shape index (κ2) is 8.16. The van der Waals surface area contributed by atoms with Crippen molar-refractivity contribution in [3.63, 3.8) is 0 Å². The number of anilines is 1. The third-order valence-corrected chi connectivity index (χ3v) is 5.31. The first-order valence-corrected chi connectivity index (χ1v) is 9.71. The summed E-state index contributed by atoms with van der Waals surface area (Å²) < 4.78 is 19.1. The van der Waals surface area contributed by atoms with Crippen LogP contribution in [0.1, 0.15) is 28.3 Å². The highest BCUT2D eigenvalue weighted by molar-refractivity contribution is 6.30. The van der Waals surface area contributed by atoms with Gasteiger partial charge in [-0.05, 0) is 48.0 Å². The highest BCUT2D eigenvalue weighted by atomic mass is 35.5. The molecule has 2 amide bonds. The van der Waals surface area contributed by atoms with Gasteiger partial charge in [-0.2, -0.15) is 0 Å². The van der Waals surface area contributed by atoms with E-state index in [-0.39, 0.29) is 16.8 Å².